The molecule has 1 aliphatic carbocycles. The molecule has 1 heterocycles. The van der Waals surface area contributed by atoms with E-state index in [4.69, 9.17) is 5.73 Å². The summed E-state index contributed by atoms with van der Waals surface area (Å²) in [5.41, 5.74) is 6.65. The normalized spacial score (nSPS) is 30.2. The van der Waals surface area contributed by atoms with Crippen LogP contribution < -0.4 is 5.73 Å². The maximum atomic E-state index is 13.0. The van der Waals surface area contributed by atoms with Crippen LogP contribution >= 0.6 is 0 Å². The van der Waals surface area contributed by atoms with Crippen LogP contribution in [0, 0.1) is 11.7 Å². The fourth-order valence-electron chi connectivity index (χ4n) is 2.65. The molecular weight excluding hydrogens is 219 g/mol. The van der Waals surface area contributed by atoms with Gasteiger partial charge in [-0.2, -0.15) is 0 Å². The number of carbonyl (C=O) groups excluding carboxylic acids is 1. The lowest BCUT2D eigenvalue weighted by Crippen LogP contribution is -2.37. The summed E-state index contributed by atoms with van der Waals surface area (Å²) in [5.74, 6) is 0.237. The fraction of sp³-hybridized carbons (Fsp3) is 0.462. The number of likely N-dealkylation sites (tertiary alicyclic amines) is 1. The first kappa shape index (κ1) is 10.7. The summed E-state index contributed by atoms with van der Waals surface area (Å²) >= 11 is 0. The Kier molecular flexibility index (Phi) is 2.23. The Morgan fingerprint density at radius 3 is 3.06 bits per heavy atom. The predicted molar refractivity (Wildman–Crippen MR) is 61.7 cm³/mol. The van der Waals surface area contributed by atoms with Gasteiger partial charge in [-0.3, -0.25) is 4.79 Å². The Bertz CT molecular complexity index is 476. The molecule has 1 saturated heterocycles. The fourth-order valence-corrected chi connectivity index (χ4v) is 2.65. The molecule has 1 amide bonds. The average molecular weight is 234 g/mol. The Morgan fingerprint density at radius 1 is 1.59 bits per heavy atom. The average Bonchev–Trinajstić information content (AvgIpc) is 2.77. The van der Waals surface area contributed by atoms with Crippen LogP contribution in [0.4, 0.5) is 4.39 Å². The second kappa shape index (κ2) is 3.53. The number of benzene rings is 1. The second-order valence-corrected chi connectivity index (χ2v) is 5.22. The third kappa shape index (κ3) is 1.93. The molecule has 0 radical (unpaired) electrons. The van der Waals surface area contributed by atoms with E-state index in [1.165, 1.54) is 12.1 Å². The number of hydrogen-bond acceptors (Lipinski definition) is 2. The maximum absolute atomic E-state index is 13.0. The molecule has 0 aromatic heterocycles. The topological polar surface area (TPSA) is 46.3 Å². The van der Waals surface area contributed by atoms with Crippen molar-refractivity contribution in [1.82, 2.24) is 4.90 Å². The SMILES string of the molecule is N[C@]12C[C@H]1CN(C(=O)Cc1cccc(F)c1)C2. The van der Waals surface area contributed by atoms with Crippen molar-refractivity contribution in [3.63, 3.8) is 0 Å². The van der Waals surface area contributed by atoms with Gasteiger partial charge in [0, 0.05) is 18.6 Å². The van der Waals surface area contributed by atoms with Gasteiger partial charge in [0.25, 0.3) is 0 Å². The van der Waals surface area contributed by atoms with Gasteiger partial charge in [0.2, 0.25) is 5.91 Å². The summed E-state index contributed by atoms with van der Waals surface area (Å²) in [6.45, 7) is 1.43. The van der Waals surface area contributed by atoms with Crippen molar-refractivity contribution in [1.29, 1.82) is 0 Å². The smallest absolute Gasteiger partial charge is 0.227 e. The highest BCUT2D eigenvalue weighted by Crippen LogP contribution is 2.47. The molecular formula is C13H15FN2O. The summed E-state index contributed by atoms with van der Waals surface area (Å²) in [7, 11) is 0. The van der Waals surface area contributed by atoms with Gasteiger partial charge in [-0.25, -0.2) is 4.39 Å². The highest BCUT2D eigenvalue weighted by molar-refractivity contribution is 5.79. The van der Waals surface area contributed by atoms with Gasteiger partial charge in [-0.15, -0.1) is 0 Å². The van der Waals surface area contributed by atoms with Crippen LogP contribution in [-0.2, 0) is 11.2 Å². The first-order valence-electron chi connectivity index (χ1n) is 5.88. The number of fused-ring (bicyclic) bond motifs is 1. The molecule has 2 N–H and O–H groups in total. The van der Waals surface area contributed by atoms with Gasteiger partial charge in [-0.05, 0) is 30.0 Å². The summed E-state index contributed by atoms with van der Waals surface area (Å²) in [6, 6.07) is 6.20. The number of nitrogens with two attached hydrogens (primary N) is 1. The second-order valence-electron chi connectivity index (χ2n) is 5.22. The first-order chi connectivity index (χ1) is 8.07. The number of rotatable bonds is 2. The Balaban J connectivity index is 1.64. The van der Waals surface area contributed by atoms with Crippen molar-refractivity contribution in [2.45, 2.75) is 18.4 Å². The molecule has 0 bridgehead atoms. The molecule has 3 rings (SSSR count). The zero-order valence-electron chi connectivity index (χ0n) is 9.53. The van der Waals surface area contributed by atoms with Crippen LogP contribution in [0.15, 0.2) is 24.3 Å². The zero-order valence-corrected chi connectivity index (χ0v) is 9.53. The largest absolute Gasteiger partial charge is 0.340 e. The predicted octanol–water partition coefficient (Wildman–Crippen LogP) is 0.928. The molecule has 2 aliphatic rings. The lowest BCUT2D eigenvalue weighted by Gasteiger charge is -2.19. The number of hydrogen-bond donors (Lipinski definition) is 1. The number of nitrogens with zero attached hydrogens (tertiary/aromatic N) is 1. The standard InChI is InChI=1S/C13H15FN2O/c14-11-3-1-2-9(4-11)5-12(17)16-7-10-6-13(10,15)8-16/h1-4,10H,5-8,15H2/t10-,13-/m0/s1. The van der Waals surface area contributed by atoms with Crippen LogP contribution in [0.1, 0.15) is 12.0 Å². The van der Waals surface area contributed by atoms with Gasteiger partial charge in [0.05, 0.1) is 6.42 Å². The van der Waals surface area contributed by atoms with E-state index in [0.717, 1.165) is 18.5 Å². The number of carbonyl (C=O) groups is 1. The van der Waals surface area contributed by atoms with E-state index < -0.39 is 0 Å². The van der Waals surface area contributed by atoms with E-state index in [1.54, 1.807) is 17.0 Å². The Labute approximate surface area is 99.4 Å². The molecule has 2 atom stereocenters. The number of piperidine rings is 1. The minimum atomic E-state index is -0.296. The van der Waals surface area contributed by atoms with E-state index in [0.29, 0.717) is 12.5 Å². The van der Waals surface area contributed by atoms with Gasteiger partial charge in [0.15, 0.2) is 0 Å². The molecule has 1 aromatic rings. The molecule has 17 heavy (non-hydrogen) atoms. The third-order valence-corrected chi connectivity index (χ3v) is 3.80. The lowest BCUT2D eigenvalue weighted by molar-refractivity contribution is -0.130. The van der Waals surface area contributed by atoms with E-state index in [9.17, 15) is 9.18 Å². The van der Waals surface area contributed by atoms with Crippen LogP contribution in [0.3, 0.4) is 0 Å². The van der Waals surface area contributed by atoms with Crippen LogP contribution in [0.5, 0.6) is 0 Å². The van der Waals surface area contributed by atoms with Crippen molar-refractivity contribution in [2.75, 3.05) is 13.1 Å². The molecule has 90 valence electrons. The van der Waals surface area contributed by atoms with Crippen molar-refractivity contribution >= 4 is 5.91 Å². The van der Waals surface area contributed by atoms with E-state index >= 15 is 0 Å². The summed E-state index contributed by atoms with van der Waals surface area (Å²) in [4.78, 5) is 13.8. The van der Waals surface area contributed by atoms with Gasteiger partial charge in [-0.1, -0.05) is 12.1 Å². The highest BCUT2D eigenvalue weighted by Gasteiger charge is 2.58. The highest BCUT2D eigenvalue weighted by atomic mass is 19.1. The van der Waals surface area contributed by atoms with E-state index in [1.807, 2.05) is 0 Å². The maximum Gasteiger partial charge on any atom is 0.227 e. The van der Waals surface area contributed by atoms with Crippen molar-refractivity contribution in [3.8, 4) is 0 Å². The quantitative estimate of drug-likeness (QED) is 0.827. The lowest BCUT2D eigenvalue weighted by atomic mass is 10.1. The monoisotopic (exact) mass is 234 g/mol. The van der Waals surface area contributed by atoms with Crippen molar-refractivity contribution in [3.05, 3.63) is 35.6 Å². The summed E-state index contributed by atoms with van der Waals surface area (Å²) < 4.78 is 13.0. The minimum absolute atomic E-state index is 0.0487. The number of amides is 1. The van der Waals surface area contributed by atoms with E-state index in [2.05, 4.69) is 0 Å². The third-order valence-electron chi connectivity index (χ3n) is 3.80. The summed E-state index contributed by atoms with van der Waals surface area (Å²) in [5, 5.41) is 0. The molecule has 1 aromatic carbocycles. The molecule has 3 nitrogen and oxygen atoms in total. The molecule has 0 spiro atoms. The Hall–Kier alpha value is -1.42. The first-order valence-corrected chi connectivity index (χ1v) is 5.88. The minimum Gasteiger partial charge on any atom is -0.340 e. The summed E-state index contributed by atoms with van der Waals surface area (Å²) in [6.07, 6.45) is 1.30. The Morgan fingerprint density at radius 2 is 2.41 bits per heavy atom. The van der Waals surface area contributed by atoms with Crippen LogP contribution in [0.25, 0.3) is 0 Å². The van der Waals surface area contributed by atoms with Crippen molar-refractivity contribution in [2.24, 2.45) is 11.7 Å². The van der Waals surface area contributed by atoms with Gasteiger partial charge in [0.1, 0.15) is 5.82 Å². The molecule has 2 fully saturated rings. The molecule has 1 saturated carbocycles. The van der Waals surface area contributed by atoms with Crippen LogP contribution in [-0.4, -0.2) is 29.4 Å². The molecule has 0 unspecified atom stereocenters. The van der Waals surface area contributed by atoms with Gasteiger partial charge < -0.3 is 10.6 Å². The number of halogens is 1. The molecule has 1 aliphatic heterocycles. The zero-order chi connectivity index (χ0) is 12.0. The van der Waals surface area contributed by atoms with Crippen LogP contribution in [0.2, 0.25) is 0 Å². The van der Waals surface area contributed by atoms with Crippen molar-refractivity contribution < 1.29 is 9.18 Å². The molecule has 4 heteroatoms. The van der Waals surface area contributed by atoms with E-state index in [-0.39, 0.29) is 23.7 Å². The van der Waals surface area contributed by atoms with Gasteiger partial charge >= 0.3 is 0 Å².